The first-order chi connectivity index (χ1) is 7.79. The Morgan fingerprint density at radius 1 is 1.12 bits per heavy atom. The molecule has 2 aliphatic heterocycles. The van der Waals surface area contributed by atoms with E-state index in [2.05, 4.69) is 17.1 Å². The molecule has 2 atom stereocenters. The summed E-state index contributed by atoms with van der Waals surface area (Å²) in [5.74, 6) is 0.356. The lowest BCUT2D eigenvalue weighted by atomic mass is 10.0. The van der Waals surface area contributed by atoms with Crippen LogP contribution < -0.4 is 5.32 Å². The smallest absolute Gasteiger partial charge is 0.239 e. The van der Waals surface area contributed by atoms with Gasteiger partial charge in [0.05, 0.1) is 6.04 Å². The van der Waals surface area contributed by atoms with Gasteiger partial charge < -0.3 is 10.2 Å². The Labute approximate surface area is 98.6 Å². The standard InChI is InChI=1S/C13H24N2O/c1-11-7-3-2-6-10-15(11)13(16)12-8-4-5-9-14-12/h11-12,14H,2-10H2,1H3/t11?,12-/m0/s1. The van der Waals surface area contributed by atoms with Crippen LogP contribution in [0.5, 0.6) is 0 Å². The molecule has 0 bridgehead atoms. The van der Waals surface area contributed by atoms with Gasteiger partial charge in [-0.15, -0.1) is 0 Å². The molecule has 2 fully saturated rings. The van der Waals surface area contributed by atoms with E-state index in [0.29, 0.717) is 11.9 Å². The maximum absolute atomic E-state index is 12.4. The van der Waals surface area contributed by atoms with Gasteiger partial charge in [0.15, 0.2) is 0 Å². The predicted molar refractivity (Wildman–Crippen MR) is 65.3 cm³/mol. The quantitative estimate of drug-likeness (QED) is 0.738. The van der Waals surface area contributed by atoms with E-state index in [4.69, 9.17) is 0 Å². The van der Waals surface area contributed by atoms with Crippen LogP contribution in [0.2, 0.25) is 0 Å². The maximum Gasteiger partial charge on any atom is 0.239 e. The number of carbonyl (C=O) groups excluding carboxylic acids is 1. The Balaban J connectivity index is 1.95. The van der Waals surface area contributed by atoms with Crippen molar-refractivity contribution in [1.82, 2.24) is 10.2 Å². The molecule has 3 heteroatoms. The van der Waals surface area contributed by atoms with Crippen LogP contribution in [-0.2, 0) is 4.79 Å². The summed E-state index contributed by atoms with van der Waals surface area (Å²) < 4.78 is 0. The molecule has 0 aromatic heterocycles. The lowest BCUT2D eigenvalue weighted by Crippen LogP contribution is -2.51. The van der Waals surface area contributed by atoms with E-state index < -0.39 is 0 Å². The van der Waals surface area contributed by atoms with Crippen molar-refractivity contribution in [3.63, 3.8) is 0 Å². The van der Waals surface area contributed by atoms with Gasteiger partial charge in [-0.3, -0.25) is 4.79 Å². The number of hydrogen-bond acceptors (Lipinski definition) is 2. The predicted octanol–water partition coefficient (Wildman–Crippen LogP) is 1.92. The molecule has 3 nitrogen and oxygen atoms in total. The van der Waals surface area contributed by atoms with E-state index in [0.717, 1.165) is 19.5 Å². The number of carbonyl (C=O) groups is 1. The molecule has 0 aromatic carbocycles. The summed E-state index contributed by atoms with van der Waals surface area (Å²) in [6.45, 7) is 4.18. The van der Waals surface area contributed by atoms with Crippen LogP contribution in [0.1, 0.15) is 51.9 Å². The molecule has 0 aromatic rings. The Hall–Kier alpha value is -0.570. The molecule has 92 valence electrons. The van der Waals surface area contributed by atoms with Gasteiger partial charge in [-0.2, -0.15) is 0 Å². The zero-order valence-corrected chi connectivity index (χ0v) is 10.4. The minimum Gasteiger partial charge on any atom is -0.339 e. The molecule has 1 N–H and O–H groups in total. The SMILES string of the molecule is CC1CCCCCN1C(=O)[C@@H]1CCCCN1. The first kappa shape index (κ1) is 11.9. The van der Waals surface area contributed by atoms with Crippen molar-refractivity contribution in [3.05, 3.63) is 0 Å². The van der Waals surface area contributed by atoms with Crippen molar-refractivity contribution in [2.24, 2.45) is 0 Å². The van der Waals surface area contributed by atoms with Crippen LogP contribution in [0, 0.1) is 0 Å². The first-order valence-corrected chi connectivity index (χ1v) is 6.83. The second-order valence-corrected chi connectivity index (χ2v) is 5.23. The number of nitrogens with one attached hydrogen (secondary N) is 1. The average Bonchev–Trinajstić information content (AvgIpc) is 2.54. The van der Waals surface area contributed by atoms with E-state index in [1.807, 2.05) is 0 Å². The molecule has 2 saturated heterocycles. The van der Waals surface area contributed by atoms with Crippen molar-refractivity contribution < 1.29 is 4.79 Å². The summed E-state index contributed by atoms with van der Waals surface area (Å²) in [5.41, 5.74) is 0. The minimum absolute atomic E-state index is 0.106. The molecule has 2 heterocycles. The topological polar surface area (TPSA) is 32.3 Å². The van der Waals surface area contributed by atoms with Crippen LogP contribution in [0.3, 0.4) is 0 Å². The second-order valence-electron chi connectivity index (χ2n) is 5.23. The highest BCUT2D eigenvalue weighted by Crippen LogP contribution is 2.19. The van der Waals surface area contributed by atoms with Crippen molar-refractivity contribution in [2.45, 2.75) is 64.0 Å². The Morgan fingerprint density at radius 3 is 2.69 bits per heavy atom. The first-order valence-electron chi connectivity index (χ1n) is 6.83. The van der Waals surface area contributed by atoms with Crippen LogP contribution in [-0.4, -0.2) is 36.0 Å². The lowest BCUT2D eigenvalue weighted by molar-refractivity contribution is -0.136. The zero-order valence-electron chi connectivity index (χ0n) is 10.4. The van der Waals surface area contributed by atoms with Crippen molar-refractivity contribution in [3.8, 4) is 0 Å². The fourth-order valence-corrected chi connectivity index (χ4v) is 2.87. The van der Waals surface area contributed by atoms with Gasteiger partial charge in [0.2, 0.25) is 5.91 Å². The average molecular weight is 224 g/mol. The maximum atomic E-state index is 12.4. The third-order valence-corrected chi connectivity index (χ3v) is 3.94. The summed E-state index contributed by atoms with van der Waals surface area (Å²) in [6.07, 6.45) is 8.38. The molecule has 16 heavy (non-hydrogen) atoms. The number of piperidine rings is 1. The molecule has 0 saturated carbocycles. The Kier molecular flexibility index (Phi) is 4.22. The van der Waals surface area contributed by atoms with Crippen LogP contribution >= 0.6 is 0 Å². The third-order valence-electron chi connectivity index (χ3n) is 3.94. The van der Waals surface area contributed by atoms with Crippen LogP contribution in [0.15, 0.2) is 0 Å². The number of hydrogen-bond donors (Lipinski definition) is 1. The third kappa shape index (κ3) is 2.76. The van der Waals surface area contributed by atoms with E-state index in [1.54, 1.807) is 0 Å². The van der Waals surface area contributed by atoms with E-state index in [-0.39, 0.29) is 6.04 Å². The number of likely N-dealkylation sites (tertiary alicyclic amines) is 1. The van der Waals surface area contributed by atoms with Gasteiger partial charge in [0.1, 0.15) is 0 Å². The molecule has 1 unspecified atom stereocenters. The molecular weight excluding hydrogens is 200 g/mol. The zero-order chi connectivity index (χ0) is 11.4. The summed E-state index contributed by atoms with van der Waals surface area (Å²) in [5, 5.41) is 3.37. The second kappa shape index (κ2) is 5.67. The molecule has 0 spiro atoms. The van der Waals surface area contributed by atoms with E-state index in [1.165, 1.54) is 38.5 Å². The van der Waals surface area contributed by atoms with Gasteiger partial charge in [-0.25, -0.2) is 0 Å². The molecule has 1 amide bonds. The summed E-state index contributed by atoms with van der Waals surface area (Å²) in [4.78, 5) is 14.5. The highest BCUT2D eigenvalue weighted by molar-refractivity contribution is 5.82. The van der Waals surface area contributed by atoms with E-state index in [9.17, 15) is 4.79 Å². The monoisotopic (exact) mass is 224 g/mol. The Morgan fingerprint density at radius 2 is 1.94 bits per heavy atom. The fourth-order valence-electron chi connectivity index (χ4n) is 2.87. The molecule has 2 rings (SSSR count). The molecule has 0 radical (unpaired) electrons. The molecule has 0 aliphatic carbocycles. The van der Waals surface area contributed by atoms with Gasteiger partial charge in [0, 0.05) is 12.6 Å². The van der Waals surface area contributed by atoms with Gasteiger partial charge in [0.25, 0.3) is 0 Å². The normalized spacial score (nSPS) is 32.2. The van der Waals surface area contributed by atoms with Crippen molar-refractivity contribution in [2.75, 3.05) is 13.1 Å². The minimum atomic E-state index is 0.106. The van der Waals surface area contributed by atoms with Gasteiger partial charge in [-0.05, 0) is 39.2 Å². The Bertz CT molecular complexity index is 236. The van der Waals surface area contributed by atoms with Crippen molar-refractivity contribution >= 4 is 5.91 Å². The largest absolute Gasteiger partial charge is 0.339 e. The lowest BCUT2D eigenvalue weighted by Gasteiger charge is -2.33. The van der Waals surface area contributed by atoms with Crippen LogP contribution in [0.25, 0.3) is 0 Å². The summed E-state index contributed by atoms with van der Waals surface area (Å²) >= 11 is 0. The summed E-state index contributed by atoms with van der Waals surface area (Å²) in [7, 11) is 0. The number of nitrogens with zero attached hydrogens (tertiary/aromatic N) is 1. The highest BCUT2D eigenvalue weighted by Gasteiger charge is 2.28. The summed E-state index contributed by atoms with van der Waals surface area (Å²) in [6, 6.07) is 0.549. The highest BCUT2D eigenvalue weighted by atomic mass is 16.2. The number of amides is 1. The molecule has 2 aliphatic rings. The van der Waals surface area contributed by atoms with Gasteiger partial charge in [-0.1, -0.05) is 19.3 Å². The fraction of sp³-hybridized carbons (Fsp3) is 0.923. The van der Waals surface area contributed by atoms with Crippen molar-refractivity contribution in [1.29, 1.82) is 0 Å². The number of rotatable bonds is 1. The molecular formula is C13H24N2O. The van der Waals surface area contributed by atoms with Gasteiger partial charge >= 0.3 is 0 Å². The van der Waals surface area contributed by atoms with Crippen LogP contribution in [0.4, 0.5) is 0 Å². The van der Waals surface area contributed by atoms with E-state index >= 15 is 0 Å².